The van der Waals surface area contributed by atoms with Gasteiger partial charge in [0.1, 0.15) is 0 Å². The highest BCUT2D eigenvalue weighted by atomic mass is 15.0. The number of nitrogens with zero attached hydrogens (tertiary/aromatic N) is 2. The molecule has 0 N–H and O–H groups in total. The summed E-state index contributed by atoms with van der Waals surface area (Å²) in [6.45, 7) is 16.8. The minimum Gasteiger partial charge on any atom is -0.344 e. The molecule has 0 bridgehead atoms. The molecule has 0 aliphatic heterocycles. The van der Waals surface area contributed by atoms with E-state index in [1.54, 1.807) is 0 Å². The van der Waals surface area contributed by atoms with E-state index >= 15 is 0 Å². The van der Waals surface area contributed by atoms with E-state index in [9.17, 15) is 0 Å². The standard InChI is InChI=1S/C36H40N2/c1-21(2)25-11-14-31-32(17-25)37(8)35-19-27(23(5)6)16-28(36(31)35)20-38-33-15-24(7)9-12-29(33)30-13-10-26(22(3)4)18-34(30)38/h9-19,21-23H,20H2,1-8H3. The van der Waals surface area contributed by atoms with E-state index in [4.69, 9.17) is 0 Å². The molecule has 0 saturated heterocycles. The van der Waals surface area contributed by atoms with Crippen LogP contribution in [0.1, 0.15) is 87.1 Å². The Labute approximate surface area is 226 Å². The number of hydrogen-bond donors (Lipinski definition) is 0. The third kappa shape index (κ3) is 3.85. The number of aromatic nitrogens is 2. The van der Waals surface area contributed by atoms with Crippen molar-refractivity contribution in [3.8, 4) is 0 Å². The molecule has 2 heteroatoms. The molecular weight excluding hydrogens is 460 g/mol. The predicted octanol–water partition coefficient (Wildman–Crippen LogP) is 10.2. The van der Waals surface area contributed by atoms with Crippen LogP contribution in [0.3, 0.4) is 0 Å². The van der Waals surface area contributed by atoms with Crippen LogP contribution >= 0.6 is 0 Å². The Morgan fingerprint density at radius 3 is 1.71 bits per heavy atom. The summed E-state index contributed by atoms with van der Waals surface area (Å²) in [6.07, 6.45) is 0. The van der Waals surface area contributed by atoms with Crippen molar-refractivity contribution in [2.24, 2.45) is 7.05 Å². The Hall–Kier alpha value is -3.52. The van der Waals surface area contributed by atoms with E-state index in [1.165, 1.54) is 71.4 Å². The first kappa shape index (κ1) is 24.8. The van der Waals surface area contributed by atoms with E-state index < -0.39 is 0 Å². The van der Waals surface area contributed by atoms with Crippen LogP contribution in [0.15, 0.2) is 66.7 Å². The molecule has 4 aromatic carbocycles. The smallest absolute Gasteiger partial charge is 0.0497 e. The molecule has 2 nitrogen and oxygen atoms in total. The molecular formula is C36H40N2. The van der Waals surface area contributed by atoms with Gasteiger partial charge in [0.25, 0.3) is 0 Å². The summed E-state index contributed by atoms with van der Waals surface area (Å²) >= 11 is 0. The number of aryl methyl sites for hydroxylation is 2. The van der Waals surface area contributed by atoms with Crippen LogP contribution in [0, 0.1) is 6.92 Å². The van der Waals surface area contributed by atoms with Gasteiger partial charge in [-0.15, -0.1) is 0 Å². The summed E-state index contributed by atoms with van der Waals surface area (Å²) < 4.78 is 4.99. The molecule has 38 heavy (non-hydrogen) atoms. The van der Waals surface area contributed by atoms with Gasteiger partial charge in [-0.2, -0.15) is 0 Å². The van der Waals surface area contributed by atoms with Crippen molar-refractivity contribution < 1.29 is 0 Å². The van der Waals surface area contributed by atoms with Crippen molar-refractivity contribution in [2.75, 3.05) is 0 Å². The van der Waals surface area contributed by atoms with Crippen molar-refractivity contribution in [2.45, 2.75) is 72.8 Å². The highest BCUT2D eigenvalue weighted by molar-refractivity contribution is 6.11. The molecule has 0 aliphatic carbocycles. The van der Waals surface area contributed by atoms with Crippen molar-refractivity contribution in [3.05, 3.63) is 94.5 Å². The second-order valence-electron chi connectivity index (χ2n) is 12.3. The Bertz CT molecular complexity index is 1840. The molecule has 6 rings (SSSR count). The lowest BCUT2D eigenvalue weighted by atomic mass is 9.96. The summed E-state index contributed by atoms with van der Waals surface area (Å²) in [7, 11) is 2.24. The van der Waals surface area contributed by atoms with Crippen LogP contribution in [0.5, 0.6) is 0 Å². The minimum absolute atomic E-state index is 0.468. The Balaban J connectivity index is 1.68. The number of rotatable bonds is 5. The Morgan fingerprint density at radius 2 is 1.08 bits per heavy atom. The molecule has 0 amide bonds. The lowest BCUT2D eigenvalue weighted by Gasteiger charge is -2.15. The van der Waals surface area contributed by atoms with Gasteiger partial charge in [0, 0.05) is 57.2 Å². The van der Waals surface area contributed by atoms with Gasteiger partial charge in [-0.3, -0.25) is 0 Å². The van der Waals surface area contributed by atoms with Crippen LogP contribution in [0.4, 0.5) is 0 Å². The summed E-state index contributed by atoms with van der Waals surface area (Å²) in [5.41, 5.74) is 12.2. The highest BCUT2D eigenvalue weighted by Crippen LogP contribution is 2.38. The molecule has 0 aliphatic rings. The van der Waals surface area contributed by atoms with Gasteiger partial charge >= 0.3 is 0 Å². The summed E-state index contributed by atoms with van der Waals surface area (Å²) in [6, 6.07) is 26.0. The number of benzene rings is 4. The average Bonchev–Trinajstić information content (AvgIpc) is 3.34. The first-order chi connectivity index (χ1) is 18.1. The highest BCUT2D eigenvalue weighted by Gasteiger charge is 2.19. The summed E-state index contributed by atoms with van der Waals surface area (Å²) in [5.74, 6) is 1.48. The molecule has 0 spiro atoms. The van der Waals surface area contributed by atoms with Gasteiger partial charge in [0.2, 0.25) is 0 Å². The molecule has 2 heterocycles. The Kier molecular flexibility index (Phi) is 5.90. The number of hydrogen-bond acceptors (Lipinski definition) is 0. The van der Waals surface area contributed by atoms with E-state index in [0.717, 1.165) is 6.54 Å². The van der Waals surface area contributed by atoms with E-state index in [2.05, 4.69) is 131 Å². The zero-order valence-electron chi connectivity index (χ0n) is 24.2. The van der Waals surface area contributed by atoms with Crippen LogP contribution in [0.2, 0.25) is 0 Å². The molecule has 6 aromatic rings. The third-order valence-corrected chi connectivity index (χ3v) is 8.61. The predicted molar refractivity (Wildman–Crippen MR) is 166 cm³/mol. The molecule has 0 unspecified atom stereocenters. The maximum Gasteiger partial charge on any atom is 0.0497 e. The van der Waals surface area contributed by atoms with E-state index in [0.29, 0.717) is 17.8 Å². The van der Waals surface area contributed by atoms with Gasteiger partial charge in [0.05, 0.1) is 0 Å². The Morgan fingerprint density at radius 1 is 0.553 bits per heavy atom. The van der Waals surface area contributed by atoms with Crippen molar-refractivity contribution in [1.29, 1.82) is 0 Å². The van der Waals surface area contributed by atoms with Crippen molar-refractivity contribution >= 4 is 43.6 Å². The largest absolute Gasteiger partial charge is 0.344 e. The van der Waals surface area contributed by atoms with Crippen molar-refractivity contribution in [3.63, 3.8) is 0 Å². The molecule has 194 valence electrons. The van der Waals surface area contributed by atoms with Crippen LogP contribution in [0.25, 0.3) is 43.6 Å². The van der Waals surface area contributed by atoms with Gasteiger partial charge in [-0.1, -0.05) is 84.0 Å². The second kappa shape index (κ2) is 9.05. The zero-order chi connectivity index (χ0) is 26.9. The second-order valence-corrected chi connectivity index (χ2v) is 12.3. The fourth-order valence-electron chi connectivity index (χ4n) is 6.19. The summed E-state index contributed by atoms with van der Waals surface area (Å²) in [5, 5.41) is 5.44. The zero-order valence-corrected chi connectivity index (χ0v) is 24.2. The normalized spacial score (nSPS) is 12.5. The molecule has 0 fully saturated rings. The van der Waals surface area contributed by atoms with Gasteiger partial charge in [-0.05, 0) is 76.8 Å². The fraction of sp³-hybridized carbons (Fsp3) is 0.333. The van der Waals surface area contributed by atoms with Crippen molar-refractivity contribution in [1.82, 2.24) is 9.13 Å². The fourth-order valence-corrected chi connectivity index (χ4v) is 6.19. The van der Waals surface area contributed by atoms with Crippen LogP contribution in [-0.2, 0) is 13.6 Å². The van der Waals surface area contributed by atoms with Gasteiger partial charge < -0.3 is 9.13 Å². The van der Waals surface area contributed by atoms with Crippen LogP contribution < -0.4 is 0 Å². The molecule has 0 saturated carbocycles. The first-order valence-corrected chi connectivity index (χ1v) is 14.2. The van der Waals surface area contributed by atoms with Gasteiger partial charge in [-0.25, -0.2) is 0 Å². The van der Waals surface area contributed by atoms with Gasteiger partial charge in [0.15, 0.2) is 0 Å². The number of fused-ring (bicyclic) bond motifs is 6. The SMILES string of the molecule is Cc1ccc2c3ccc(C(C)C)cc3n(Cc3cc(C(C)C)cc4c3c3ccc(C(C)C)cc3n4C)c2c1. The maximum atomic E-state index is 2.57. The molecule has 0 atom stereocenters. The lowest BCUT2D eigenvalue weighted by molar-refractivity contribution is 0.839. The van der Waals surface area contributed by atoms with E-state index in [1.807, 2.05) is 0 Å². The quantitative estimate of drug-likeness (QED) is 0.223. The maximum absolute atomic E-state index is 2.57. The third-order valence-electron chi connectivity index (χ3n) is 8.61. The average molecular weight is 501 g/mol. The van der Waals surface area contributed by atoms with Crippen LogP contribution in [-0.4, -0.2) is 9.13 Å². The molecule has 2 aromatic heterocycles. The lowest BCUT2D eigenvalue weighted by Crippen LogP contribution is -2.03. The monoisotopic (exact) mass is 500 g/mol. The minimum atomic E-state index is 0.468. The first-order valence-electron chi connectivity index (χ1n) is 14.2. The topological polar surface area (TPSA) is 9.86 Å². The van der Waals surface area contributed by atoms with E-state index in [-0.39, 0.29) is 0 Å². The summed E-state index contributed by atoms with van der Waals surface area (Å²) in [4.78, 5) is 0. The molecule has 0 radical (unpaired) electrons.